The van der Waals surface area contributed by atoms with Gasteiger partial charge in [-0.15, -0.1) is 0 Å². The third-order valence-corrected chi connectivity index (χ3v) is 2.13. The predicted molar refractivity (Wildman–Crippen MR) is 42.4 cm³/mol. The molecule has 2 atom stereocenters. The summed E-state index contributed by atoms with van der Waals surface area (Å²) < 4.78 is 22.9. The molecule has 0 saturated carbocycles. The minimum atomic E-state index is -0.422. The molecule has 0 rings (SSSR count). The first kappa shape index (κ1) is 9.72. The molecule has 0 aliphatic carbocycles. The van der Waals surface area contributed by atoms with E-state index in [1.165, 1.54) is 0 Å². The Bertz CT molecular complexity index is 46.2. The summed E-state index contributed by atoms with van der Waals surface area (Å²) in [5.74, 6) is 0. The fourth-order valence-corrected chi connectivity index (χ4v) is 1.33. The molecule has 0 saturated heterocycles. The van der Waals surface area contributed by atoms with Crippen molar-refractivity contribution < 1.29 is 8.39 Å². The van der Waals surface area contributed by atoms with Gasteiger partial charge < -0.3 is 0 Å². The van der Waals surface area contributed by atoms with Crippen LogP contribution in [0, 0.1) is 0 Å². The average Bonchev–Trinajstić information content (AvgIpc) is 1.89. The Labute approximate surface area is 58.6 Å². The third kappa shape index (κ3) is 8.72. The number of hydrogen-bond acceptors (Lipinski definition) is 0. The lowest BCUT2D eigenvalue weighted by Crippen LogP contribution is -1.78. The maximum absolute atomic E-state index is 11.5. The normalized spacial score (nSPS) is 12.7. The molecule has 0 N–H and O–H groups in total. The summed E-state index contributed by atoms with van der Waals surface area (Å²) in [7, 11) is -0.844. The molecule has 56 valence electrons. The third-order valence-electron chi connectivity index (χ3n) is 1.04. The number of hydrogen-bond donors (Lipinski definition) is 0. The molecule has 0 aliphatic heterocycles. The van der Waals surface area contributed by atoms with Crippen LogP contribution < -0.4 is 0 Å². The van der Waals surface area contributed by atoms with Gasteiger partial charge in [-0.05, 0) is 25.2 Å². The molecule has 0 radical (unpaired) electrons. The molecule has 4 heteroatoms. The summed E-state index contributed by atoms with van der Waals surface area (Å²) in [6.45, 7) is 0. The summed E-state index contributed by atoms with van der Waals surface area (Å²) in [5, 5.41) is 0. The van der Waals surface area contributed by atoms with Crippen LogP contribution in [0.4, 0.5) is 8.39 Å². The van der Waals surface area contributed by atoms with E-state index in [2.05, 4.69) is 0 Å². The molecule has 9 heavy (non-hydrogen) atoms. The van der Waals surface area contributed by atoms with Gasteiger partial charge in [0.1, 0.15) is 0 Å². The van der Waals surface area contributed by atoms with Gasteiger partial charge in [0.2, 0.25) is 0 Å². The van der Waals surface area contributed by atoms with Crippen LogP contribution >= 0.6 is 17.8 Å². The van der Waals surface area contributed by atoms with Crippen LogP contribution in [-0.2, 0) is 0 Å². The summed E-state index contributed by atoms with van der Waals surface area (Å²) in [4.78, 5) is 0. The van der Waals surface area contributed by atoms with Crippen LogP contribution in [0.3, 0.4) is 0 Å². The zero-order valence-electron chi connectivity index (χ0n) is 5.29. The van der Waals surface area contributed by atoms with Crippen molar-refractivity contribution >= 4 is 17.8 Å². The number of unbranched alkanes of at least 4 members (excludes halogenated alkanes) is 2. The standard InChI is InChI=1S/C5H12F2P2/c6-8-4-2-1-3-5-9-7/h8-9H,1-5H2. The quantitative estimate of drug-likeness (QED) is 0.426. The van der Waals surface area contributed by atoms with Gasteiger partial charge in [0.25, 0.3) is 0 Å². The van der Waals surface area contributed by atoms with Crippen molar-refractivity contribution in [2.24, 2.45) is 0 Å². The SMILES string of the molecule is FPCCCCCPF. The number of halogens is 2. The van der Waals surface area contributed by atoms with Gasteiger partial charge in [-0.25, -0.2) is 8.39 Å². The van der Waals surface area contributed by atoms with Gasteiger partial charge in [-0.2, -0.15) is 0 Å². The molecule has 2 unspecified atom stereocenters. The molecule has 0 aromatic heterocycles. The lowest BCUT2D eigenvalue weighted by Gasteiger charge is -1.93. The first-order chi connectivity index (χ1) is 4.41. The topological polar surface area (TPSA) is 0 Å². The van der Waals surface area contributed by atoms with Crippen LogP contribution in [-0.4, -0.2) is 12.3 Å². The zero-order chi connectivity index (χ0) is 6.95. The monoisotopic (exact) mass is 172 g/mol. The van der Waals surface area contributed by atoms with Crippen molar-refractivity contribution in [2.75, 3.05) is 12.3 Å². The highest BCUT2D eigenvalue weighted by Gasteiger charge is 1.88. The van der Waals surface area contributed by atoms with E-state index in [-0.39, 0.29) is 0 Å². The lowest BCUT2D eigenvalue weighted by molar-refractivity contribution is 0.762. The van der Waals surface area contributed by atoms with Crippen LogP contribution in [0.1, 0.15) is 19.3 Å². The van der Waals surface area contributed by atoms with E-state index in [1.807, 2.05) is 0 Å². The molecule has 0 aromatic rings. The van der Waals surface area contributed by atoms with Crippen LogP contribution in [0.2, 0.25) is 0 Å². The largest absolute Gasteiger partial charge is 0.231 e. The van der Waals surface area contributed by atoms with Gasteiger partial charge in [-0.3, -0.25) is 0 Å². The Morgan fingerprint density at radius 2 is 1.22 bits per heavy atom. The second-order valence-corrected chi connectivity index (χ2v) is 3.36. The molecule has 0 nitrogen and oxygen atoms in total. The Balaban J connectivity index is 2.60. The molecule has 0 heterocycles. The maximum atomic E-state index is 11.5. The number of rotatable bonds is 6. The fraction of sp³-hybridized carbons (Fsp3) is 1.00. The van der Waals surface area contributed by atoms with Crippen molar-refractivity contribution in [2.45, 2.75) is 19.3 Å². The summed E-state index contributed by atoms with van der Waals surface area (Å²) in [6, 6.07) is 0. The van der Waals surface area contributed by atoms with Gasteiger partial charge in [0, 0.05) is 0 Å². The highest BCUT2D eigenvalue weighted by atomic mass is 31.1. The molecule has 0 amide bonds. The van der Waals surface area contributed by atoms with E-state index in [0.29, 0.717) is 12.3 Å². The van der Waals surface area contributed by atoms with Crippen molar-refractivity contribution in [1.82, 2.24) is 0 Å². The Morgan fingerprint density at radius 1 is 0.778 bits per heavy atom. The van der Waals surface area contributed by atoms with E-state index in [1.54, 1.807) is 0 Å². The Kier molecular flexibility index (Phi) is 9.42. The first-order valence-electron chi connectivity index (χ1n) is 3.09. The average molecular weight is 172 g/mol. The van der Waals surface area contributed by atoms with Crippen molar-refractivity contribution in [1.29, 1.82) is 0 Å². The molecule has 0 bridgehead atoms. The van der Waals surface area contributed by atoms with E-state index in [4.69, 9.17) is 0 Å². The molecular formula is C5H12F2P2. The summed E-state index contributed by atoms with van der Waals surface area (Å²) in [6.07, 6.45) is 4.21. The second kappa shape index (κ2) is 8.72. The maximum Gasteiger partial charge on any atom is 0.0670 e. The van der Waals surface area contributed by atoms with E-state index >= 15 is 0 Å². The zero-order valence-corrected chi connectivity index (χ0v) is 7.29. The summed E-state index contributed by atoms with van der Waals surface area (Å²) in [5.41, 5.74) is 0. The second-order valence-electron chi connectivity index (χ2n) is 1.83. The van der Waals surface area contributed by atoms with E-state index in [0.717, 1.165) is 19.3 Å². The van der Waals surface area contributed by atoms with Crippen molar-refractivity contribution in [3.63, 3.8) is 0 Å². The molecular weight excluding hydrogens is 160 g/mol. The van der Waals surface area contributed by atoms with Crippen molar-refractivity contribution in [3.05, 3.63) is 0 Å². The Hall–Kier alpha value is 0.720. The van der Waals surface area contributed by atoms with E-state index in [9.17, 15) is 8.39 Å². The van der Waals surface area contributed by atoms with Gasteiger partial charge in [0.15, 0.2) is 0 Å². The molecule has 0 aromatic carbocycles. The van der Waals surface area contributed by atoms with Gasteiger partial charge in [-0.1, -0.05) is 6.42 Å². The molecule has 0 aliphatic rings. The lowest BCUT2D eigenvalue weighted by atomic mass is 10.3. The Morgan fingerprint density at radius 3 is 1.56 bits per heavy atom. The molecule has 0 fully saturated rings. The predicted octanol–water partition coefficient (Wildman–Crippen LogP) is 3.28. The van der Waals surface area contributed by atoms with Crippen LogP contribution in [0.15, 0.2) is 0 Å². The highest BCUT2D eigenvalue weighted by Crippen LogP contribution is 2.16. The molecule has 0 spiro atoms. The minimum absolute atomic E-state index is 0.422. The highest BCUT2D eigenvalue weighted by molar-refractivity contribution is 7.31. The fourth-order valence-electron chi connectivity index (χ4n) is 0.560. The smallest absolute Gasteiger partial charge is 0.0670 e. The van der Waals surface area contributed by atoms with Crippen molar-refractivity contribution in [3.8, 4) is 0 Å². The van der Waals surface area contributed by atoms with E-state index < -0.39 is 17.8 Å². The summed E-state index contributed by atoms with van der Waals surface area (Å²) >= 11 is 0. The van der Waals surface area contributed by atoms with Crippen LogP contribution in [0.5, 0.6) is 0 Å². The van der Waals surface area contributed by atoms with Gasteiger partial charge >= 0.3 is 0 Å². The van der Waals surface area contributed by atoms with Crippen LogP contribution in [0.25, 0.3) is 0 Å². The minimum Gasteiger partial charge on any atom is -0.231 e. The first-order valence-corrected chi connectivity index (χ1v) is 5.26. The van der Waals surface area contributed by atoms with Gasteiger partial charge in [0.05, 0.1) is 17.8 Å².